The van der Waals surface area contributed by atoms with E-state index in [0.29, 0.717) is 47.7 Å². The molecule has 11 heteroatoms. The maximum absolute atomic E-state index is 12.7. The summed E-state index contributed by atoms with van der Waals surface area (Å²) in [5.74, 6) is 0.230. The fourth-order valence-corrected chi connectivity index (χ4v) is 5.43. The van der Waals surface area contributed by atoms with Gasteiger partial charge >= 0.3 is 0 Å². The van der Waals surface area contributed by atoms with Gasteiger partial charge < -0.3 is 10.1 Å². The molecule has 162 valence electrons. The number of nitrogens with one attached hydrogen (secondary N) is 1. The molecular formula is C20H21N5O4S2. The first-order valence-corrected chi connectivity index (χ1v) is 11.9. The lowest BCUT2D eigenvalue weighted by Crippen LogP contribution is -2.40. The van der Waals surface area contributed by atoms with E-state index in [-0.39, 0.29) is 17.3 Å². The van der Waals surface area contributed by atoms with Gasteiger partial charge in [0.05, 0.1) is 23.8 Å². The van der Waals surface area contributed by atoms with Crippen LogP contribution in [0.25, 0.3) is 10.8 Å². The lowest BCUT2D eigenvalue weighted by Gasteiger charge is -2.26. The van der Waals surface area contributed by atoms with Crippen molar-refractivity contribution in [3.8, 4) is 10.8 Å². The molecule has 1 saturated heterocycles. The van der Waals surface area contributed by atoms with Gasteiger partial charge in [-0.3, -0.25) is 4.79 Å². The van der Waals surface area contributed by atoms with Crippen LogP contribution in [0.15, 0.2) is 47.6 Å². The van der Waals surface area contributed by atoms with E-state index in [1.54, 1.807) is 49.6 Å². The normalized spacial score (nSPS) is 15.0. The molecule has 0 radical (unpaired) electrons. The molecule has 9 nitrogen and oxygen atoms in total. The molecular weight excluding hydrogens is 438 g/mol. The summed E-state index contributed by atoms with van der Waals surface area (Å²) >= 11 is 1.23. The van der Waals surface area contributed by atoms with Crippen LogP contribution in [0.5, 0.6) is 0 Å². The fraction of sp³-hybridized carbons (Fsp3) is 0.300. The number of thiazole rings is 1. The number of benzene rings is 1. The lowest BCUT2D eigenvalue weighted by molar-refractivity contribution is 0.0730. The number of aryl methyl sites for hydroxylation is 1. The van der Waals surface area contributed by atoms with Gasteiger partial charge in [-0.05, 0) is 30.7 Å². The number of morpholine rings is 1. The topological polar surface area (TPSA) is 114 Å². The number of sulfonamides is 1. The molecule has 0 saturated carbocycles. The number of aromatic nitrogens is 3. The van der Waals surface area contributed by atoms with E-state index in [2.05, 4.69) is 20.3 Å². The molecule has 1 N–H and O–H groups in total. The molecule has 3 aromatic rings. The molecule has 0 unspecified atom stereocenters. The molecule has 1 fully saturated rings. The lowest BCUT2D eigenvalue weighted by atomic mass is 10.2. The Kier molecular flexibility index (Phi) is 6.37. The predicted octanol–water partition coefficient (Wildman–Crippen LogP) is 1.86. The summed E-state index contributed by atoms with van der Waals surface area (Å²) in [7, 11) is -3.53. The van der Waals surface area contributed by atoms with Crippen LogP contribution in [0.1, 0.15) is 20.9 Å². The van der Waals surface area contributed by atoms with Gasteiger partial charge in [0, 0.05) is 32.0 Å². The van der Waals surface area contributed by atoms with Crippen molar-refractivity contribution in [2.75, 3.05) is 26.3 Å². The number of hydrogen-bond acceptors (Lipinski definition) is 8. The van der Waals surface area contributed by atoms with Crippen LogP contribution in [-0.4, -0.2) is 59.9 Å². The van der Waals surface area contributed by atoms with Crippen molar-refractivity contribution >= 4 is 27.3 Å². The fourth-order valence-electron chi connectivity index (χ4n) is 3.09. The summed E-state index contributed by atoms with van der Waals surface area (Å²) in [4.78, 5) is 26.1. The molecule has 31 heavy (non-hydrogen) atoms. The van der Waals surface area contributed by atoms with Crippen molar-refractivity contribution in [3.05, 3.63) is 58.9 Å². The van der Waals surface area contributed by atoms with Gasteiger partial charge in [-0.2, -0.15) is 4.31 Å². The molecule has 1 amide bonds. The van der Waals surface area contributed by atoms with Crippen LogP contribution in [0, 0.1) is 6.92 Å². The van der Waals surface area contributed by atoms with Gasteiger partial charge in [0.1, 0.15) is 4.88 Å². The van der Waals surface area contributed by atoms with Crippen LogP contribution in [0.3, 0.4) is 0 Å². The van der Waals surface area contributed by atoms with E-state index in [9.17, 15) is 13.2 Å². The Morgan fingerprint density at radius 3 is 2.52 bits per heavy atom. The highest BCUT2D eigenvalue weighted by atomic mass is 32.2. The molecule has 0 bridgehead atoms. The van der Waals surface area contributed by atoms with E-state index in [0.717, 1.165) is 5.56 Å². The van der Waals surface area contributed by atoms with Gasteiger partial charge in [0.2, 0.25) is 10.0 Å². The van der Waals surface area contributed by atoms with Crippen molar-refractivity contribution in [1.82, 2.24) is 24.6 Å². The monoisotopic (exact) mass is 459 g/mol. The third-order valence-electron chi connectivity index (χ3n) is 4.74. The van der Waals surface area contributed by atoms with Crippen molar-refractivity contribution in [2.24, 2.45) is 0 Å². The van der Waals surface area contributed by atoms with Crippen molar-refractivity contribution in [2.45, 2.75) is 18.4 Å². The van der Waals surface area contributed by atoms with Crippen LogP contribution in [0.4, 0.5) is 0 Å². The molecule has 2 aromatic heterocycles. The molecule has 0 aliphatic carbocycles. The van der Waals surface area contributed by atoms with E-state index in [4.69, 9.17) is 4.74 Å². The average molecular weight is 460 g/mol. The van der Waals surface area contributed by atoms with Crippen LogP contribution in [0.2, 0.25) is 0 Å². The minimum atomic E-state index is -3.53. The van der Waals surface area contributed by atoms with Crippen LogP contribution < -0.4 is 5.32 Å². The molecule has 1 aromatic carbocycles. The zero-order valence-corrected chi connectivity index (χ0v) is 18.4. The van der Waals surface area contributed by atoms with Crippen LogP contribution in [-0.2, 0) is 21.3 Å². The van der Waals surface area contributed by atoms with E-state index >= 15 is 0 Å². The van der Waals surface area contributed by atoms with Gasteiger partial charge in [-0.15, -0.1) is 11.3 Å². The summed E-state index contributed by atoms with van der Waals surface area (Å²) in [5.41, 5.74) is 1.40. The number of ether oxygens (including phenoxy) is 1. The highest BCUT2D eigenvalue weighted by molar-refractivity contribution is 7.89. The average Bonchev–Trinajstić information content (AvgIpc) is 3.20. The number of hydrogen-bond donors (Lipinski definition) is 1. The third kappa shape index (κ3) is 4.79. The van der Waals surface area contributed by atoms with Crippen molar-refractivity contribution < 1.29 is 17.9 Å². The Hall–Kier alpha value is -2.73. The number of carbonyl (C=O) groups is 1. The Balaban J connectivity index is 1.40. The first kappa shape index (κ1) is 21.5. The Morgan fingerprint density at radius 1 is 1.16 bits per heavy atom. The molecule has 3 heterocycles. The molecule has 1 aliphatic rings. The first-order valence-electron chi connectivity index (χ1n) is 9.65. The molecule has 0 spiro atoms. The van der Waals surface area contributed by atoms with E-state index < -0.39 is 10.0 Å². The molecule has 0 atom stereocenters. The van der Waals surface area contributed by atoms with Crippen LogP contribution >= 0.6 is 11.3 Å². The van der Waals surface area contributed by atoms with Gasteiger partial charge in [0.25, 0.3) is 5.91 Å². The summed E-state index contributed by atoms with van der Waals surface area (Å²) in [6, 6.07) is 8.26. The minimum Gasteiger partial charge on any atom is -0.379 e. The van der Waals surface area contributed by atoms with Crippen molar-refractivity contribution in [3.63, 3.8) is 0 Å². The van der Waals surface area contributed by atoms with Gasteiger partial charge in [-0.25, -0.2) is 23.4 Å². The van der Waals surface area contributed by atoms with E-state index in [1.165, 1.54) is 15.6 Å². The SMILES string of the molecule is Cc1nc(-c2ncccn2)sc1C(=O)NCc1ccc(S(=O)(=O)N2CCOCC2)cc1. The second kappa shape index (κ2) is 9.18. The summed E-state index contributed by atoms with van der Waals surface area (Å²) in [6.45, 7) is 3.54. The zero-order chi connectivity index (χ0) is 21.8. The van der Waals surface area contributed by atoms with Crippen molar-refractivity contribution in [1.29, 1.82) is 0 Å². The first-order chi connectivity index (χ1) is 14.9. The maximum Gasteiger partial charge on any atom is 0.263 e. The third-order valence-corrected chi connectivity index (χ3v) is 7.81. The Morgan fingerprint density at radius 2 is 1.84 bits per heavy atom. The highest BCUT2D eigenvalue weighted by Gasteiger charge is 2.26. The Bertz CT molecular complexity index is 1160. The predicted molar refractivity (Wildman–Crippen MR) is 115 cm³/mol. The number of nitrogens with zero attached hydrogens (tertiary/aromatic N) is 4. The smallest absolute Gasteiger partial charge is 0.263 e. The number of amides is 1. The zero-order valence-electron chi connectivity index (χ0n) is 16.8. The largest absolute Gasteiger partial charge is 0.379 e. The number of rotatable bonds is 6. The van der Waals surface area contributed by atoms with Gasteiger partial charge in [0.15, 0.2) is 10.8 Å². The summed E-state index contributed by atoms with van der Waals surface area (Å²) < 4.78 is 32.0. The molecule has 1 aliphatic heterocycles. The second-order valence-corrected chi connectivity index (χ2v) is 9.79. The van der Waals surface area contributed by atoms with Gasteiger partial charge in [-0.1, -0.05) is 12.1 Å². The second-order valence-electron chi connectivity index (χ2n) is 6.85. The van der Waals surface area contributed by atoms with E-state index in [1.807, 2.05) is 0 Å². The Labute approximate surface area is 184 Å². The quantitative estimate of drug-likeness (QED) is 0.598. The summed E-state index contributed by atoms with van der Waals surface area (Å²) in [5, 5.41) is 3.44. The maximum atomic E-state index is 12.7. The minimum absolute atomic E-state index is 0.232. The standard InChI is InChI=1S/C20H21N5O4S2/c1-14-17(30-20(24-14)18-21-7-2-8-22-18)19(26)23-13-15-3-5-16(6-4-15)31(27,28)25-9-11-29-12-10-25/h2-8H,9-13H2,1H3,(H,23,26). The summed E-state index contributed by atoms with van der Waals surface area (Å²) in [6.07, 6.45) is 3.25. The highest BCUT2D eigenvalue weighted by Crippen LogP contribution is 2.25. The number of carbonyl (C=O) groups excluding carboxylic acids is 1. The molecule has 4 rings (SSSR count).